The van der Waals surface area contributed by atoms with Gasteiger partial charge in [0.1, 0.15) is 4.87 Å². The molecule has 1 atom stereocenters. The van der Waals surface area contributed by atoms with Crippen LogP contribution in [-0.2, 0) is 11.4 Å². The normalized spacial score (nSPS) is 22.4. The highest BCUT2D eigenvalue weighted by molar-refractivity contribution is 6.26. The first-order valence-electron chi connectivity index (χ1n) is 7.06. The molecule has 0 bridgehead atoms. The molecule has 4 rings (SSSR count). The van der Waals surface area contributed by atoms with Crippen molar-refractivity contribution in [2.45, 2.75) is 11.4 Å². The number of fused-ring (bicyclic) bond motifs is 2. The van der Waals surface area contributed by atoms with Crippen LogP contribution in [0.3, 0.4) is 0 Å². The largest absolute Gasteiger partial charge is 0.300 e. The first kappa shape index (κ1) is 12.9. The summed E-state index contributed by atoms with van der Waals surface area (Å²) >= 11 is 7.12. The lowest BCUT2D eigenvalue weighted by Gasteiger charge is -2.39. The molecule has 106 valence electrons. The van der Waals surface area contributed by atoms with Gasteiger partial charge in [-0.15, -0.1) is 11.6 Å². The minimum Gasteiger partial charge on any atom is -0.300 e. The minimum atomic E-state index is -0.505. The first-order chi connectivity index (χ1) is 10.2. The number of aromatic nitrogens is 2. The Bertz CT molecular complexity index is 810. The predicted molar refractivity (Wildman–Crippen MR) is 85.5 cm³/mol. The van der Waals surface area contributed by atoms with Gasteiger partial charge in [0, 0.05) is 18.5 Å². The number of rotatable bonds is 1. The van der Waals surface area contributed by atoms with Crippen molar-refractivity contribution >= 4 is 22.5 Å². The quantitative estimate of drug-likeness (QED) is 0.697. The molecule has 0 spiro atoms. The number of nitrogens with one attached hydrogen (secondary N) is 1. The van der Waals surface area contributed by atoms with E-state index in [2.05, 4.69) is 64.6 Å². The monoisotopic (exact) mass is 297 g/mol. The van der Waals surface area contributed by atoms with E-state index in [1.807, 2.05) is 6.20 Å². The summed E-state index contributed by atoms with van der Waals surface area (Å²) in [6.07, 6.45) is 1.84. The summed E-state index contributed by atoms with van der Waals surface area (Å²) in [5.74, 6) is 0. The summed E-state index contributed by atoms with van der Waals surface area (Å²) in [5, 5.41) is 8.17. The summed E-state index contributed by atoms with van der Waals surface area (Å²) < 4.78 is 0. The summed E-state index contributed by atoms with van der Waals surface area (Å²) in [4.78, 5) is 1.77. The van der Waals surface area contributed by atoms with E-state index in [4.69, 9.17) is 11.6 Å². The van der Waals surface area contributed by atoms with Gasteiger partial charge in [0.05, 0.1) is 11.7 Å². The lowest BCUT2D eigenvalue weighted by atomic mass is 9.83. The molecule has 1 unspecified atom stereocenters. The molecule has 4 heteroatoms. The maximum absolute atomic E-state index is 7.12. The van der Waals surface area contributed by atoms with Crippen LogP contribution in [0.15, 0.2) is 48.7 Å². The summed E-state index contributed by atoms with van der Waals surface area (Å²) in [5.41, 5.74) is 4.68. The SMILES string of the molecule is CN1Cc2ccccc2C(Cl)(c2ccc3[nH]ncc3c2)C1. The van der Waals surface area contributed by atoms with Crippen LogP contribution >= 0.6 is 11.6 Å². The van der Waals surface area contributed by atoms with Crippen molar-refractivity contribution in [2.24, 2.45) is 0 Å². The van der Waals surface area contributed by atoms with Crippen molar-refractivity contribution in [3.8, 4) is 0 Å². The molecule has 3 nitrogen and oxygen atoms in total. The van der Waals surface area contributed by atoms with E-state index in [0.717, 1.165) is 29.6 Å². The van der Waals surface area contributed by atoms with Gasteiger partial charge in [0.25, 0.3) is 0 Å². The van der Waals surface area contributed by atoms with Crippen LogP contribution in [0.1, 0.15) is 16.7 Å². The van der Waals surface area contributed by atoms with Crippen molar-refractivity contribution < 1.29 is 0 Å². The maximum Gasteiger partial charge on any atom is 0.107 e. The van der Waals surface area contributed by atoms with Gasteiger partial charge in [-0.05, 0) is 35.9 Å². The number of likely N-dealkylation sites (N-methyl/N-ethyl adjacent to an activating group) is 1. The van der Waals surface area contributed by atoms with Crippen molar-refractivity contribution in [1.29, 1.82) is 0 Å². The molecule has 2 aromatic carbocycles. The van der Waals surface area contributed by atoms with Crippen molar-refractivity contribution in [2.75, 3.05) is 13.6 Å². The molecule has 2 heterocycles. The van der Waals surface area contributed by atoms with Gasteiger partial charge < -0.3 is 0 Å². The van der Waals surface area contributed by atoms with Gasteiger partial charge in [0.15, 0.2) is 0 Å². The maximum atomic E-state index is 7.12. The van der Waals surface area contributed by atoms with Crippen LogP contribution in [0, 0.1) is 0 Å². The number of hydrogen-bond acceptors (Lipinski definition) is 2. The van der Waals surface area contributed by atoms with Gasteiger partial charge in [-0.25, -0.2) is 0 Å². The Morgan fingerprint density at radius 3 is 3.00 bits per heavy atom. The molecule has 1 aliphatic rings. The number of halogens is 1. The molecular formula is C17H16ClN3. The zero-order chi connectivity index (χ0) is 14.4. The second kappa shape index (κ2) is 4.58. The molecule has 0 aliphatic carbocycles. The van der Waals surface area contributed by atoms with E-state index in [-0.39, 0.29) is 0 Å². The second-order valence-electron chi connectivity index (χ2n) is 5.80. The van der Waals surface area contributed by atoms with Crippen LogP contribution in [0.2, 0.25) is 0 Å². The zero-order valence-corrected chi connectivity index (χ0v) is 12.6. The molecule has 3 aromatic rings. The average Bonchev–Trinajstić information content (AvgIpc) is 2.94. The predicted octanol–water partition coefficient (Wildman–Crippen LogP) is 3.49. The lowest BCUT2D eigenvalue weighted by molar-refractivity contribution is 0.279. The van der Waals surface area contributed by atoms with Crippen molar-refractivity contribution in [3.05, 3.63) is 65.4 Å². The Balaban J connectivity index is 1.92. The topological polar surface area (TPSA) is 31.9 Å². The minimum absolute atomic E-state index is 0.505. The Hall–Kier alpha value is -1.84. The van der Waals surface area contributed by atoms with Crippen LogP contribution < -0.4 is 0 Å². The van der Waals surface area contributed by atoms with Gasteiger partial charge in [-0.3, -0.25) is 10.00 Å². The van der Waals surface area contributed by atoms with Gasteiger partial charge in [-0.1, -0.05) is 30.3 Å². The molecular weight excluding hydrogens is 282 g/mol. The van der Waals surface area contributed by atoms with E-state index in [1.54, 1.807) is 0 Å². The number of benzene rings is 2. The van der Waals surface area contributed by atoms with Gasteiger partial charge >= 0.3 is 0 Å². The smallest absolute Gasteiger partial charge is 0.107 e. The number of hydrogen-bond donors (Lipinski definition) is 1. The second-order valence-corrected chi connectivity index (χ2v) is 6.45. The van der Waals surface area contributed by atoms with Crippen LogP contribution in [0.4, 0.5) is 0 Å². The highest BCUT2D eigenvalue weighted by Gasteiger charge is 2.38. The molecule has 1 N–H and O–H groups in total. The average molecular weight is 298 g/mol. The molecule has 21 heavy (non-hydrogen) atoms. The van der Waals surface area contributed by atoms with Gasteiger partial charge in [-0.2, -0.15) is 5.10 Å². The third-order valence-electron chi connectivity index (χ3n) is 4.27. The third-order valence-corrected chi connectivity index (χ3v) is 4.81. The van der Waals surface area contributed by atoms with Gasteiger partial charge in [0.2, 0.25) is 0 Å². The van der Waals surface area contributed by atoms with E-state index in [1.165, 1.54) is 11.1 Å². The van der Waals surface area contributed by atoms with Crippen LogP contribution in [-0.4, -0.2) is 28.7 Å². The molecule has 0 amide bonds. The molecule has 0 radical (unpaired) electrons. The number of alkyl halides is 1. The fraction of sp³-hybridized carbons (Fsp3) is 0.235. The summed E-state index contributed by atoms with van der Waals surface area (Å²) in [6.45, 7) is 1.74. The van der Waals surface area contributed by atoms with Crippen LogP contribution in [0.25, 0.3) is 10.9 Å². The van der Waals surface area contributed by atoms with E-state index in [9.17, 15) is 0 Å². The Kier molecular flexibility index (Phi) is 2.81. The highest BCUT2D eigenvalue weighted by Crippen LogP contribution is 2.42. The van der Waals surface area contributed by atoms with E-state index in [0.29, 0.717) is 0 Å². The molecule has 1 aromatic heterocycles. The number of nitrogens with zero attached hydrogens (tertiary/aromatic N) is 2. The summed E-state index contributed by atoms with van der Waals surface area (Å²) in [6, 6.07) is 14.8. The molecule has 0 saturated heterocycles. The Morgan fingerprint density at radius 2 is 2.10 bits per heavy atom. The first-order valence-corrected chi connectivity index (χ1v) is 7.44. The van der Waals surface area contributed by atoms with E-state index < -0.39 is 4.87 Å². The standard InChI is InChI=1S/C17H16ClN3/c1-21-10-12-4-2-3-5-15(12)17(18,11-21)14-6-7-16-13(8-14)9-19-20-16/h2-9H,10-11H2,1H3,(H,19,20). The summed E-state index contributed by atoms with van der Waals surface area (Å²) in [7, 11) is 2.11. The highest BCUT2D eigenvalue weighted by atomic mass is 35.5. The fourth-order valence-corrected chi connectivity index (χ4v) is 3.79. The van der Waals surface area contributed by atoms with E-state index >= 15 is 0 Å². The molecule has 1 aliphatic heterocycles. The zero-order valence-electron chi connectivity index (χ0n) is 11.8. The Morgan fingerprint density at radius 1 is 1.24 bits per heavy atom. The fourth-order valence-electron chi connectivity index (χ4n) is 3.28. The van der Waals surface area contributed by atoms with Crippen molar-refractivity contribution in [1.82, 2.24) is 15.1 Å². The number of aromatic amines is 1. The van der Waals surface area contributed by atoms with Crippen LogP contribution in [0.5, 0.6) is 0 Å². The van der Waals surface area contributed by atoms with Crippen molar-refractivity contribution in [3.63, 3.8) is 0 Å². The molecule has 0 saturated carbocycles. The third kappa shape index (κ3) is 1.96. The lowest BCUT2D eigenvalue weighted by Crippen LogP contribution is -2.41. The number of H-pyrrole nitrogens is 1. The molecule has 0 fully saturated rings. The Labute approximate surface area is 128 Å².